The molecule has 0 atom stereocenters. The molecule has 2 aromatic heterocycles. The molecule has 0 radical (unpaired) electrons. The molecule has 0 aliphatic carbocycles. The largest absolute Gasteiger partial charge is 0.483 e. The third-order valence-electron chi connectivity index (χ3n) is 3.94. The fourth-order valence-corrected chi connectivity index (χ4v) is 3.02. The van der Waals surface area contributed by atoms with Crippen LogP contribution in [0.25, 0.3) is 11.5 Å². The molecular formula is C17H14ClN3O2. The Balaban J connectivity index is 1.77. The predicted molar refractivity (Wildman–Crippen MR) is 87.7 cm³/mol. The Morgan fingerprint density at radius 3 is 2.83 bits per heavy atom. The van der Waals surface area contributed by atoms with Crippen LogP contribution in [-0.4, -0.2) is 14.1 Å². The van der Waals surface area contributed by atoms with Crippen molar-refractivity contribution < 1.29 is 4.74 Å². The van der Waals surface area contributed by atoms with Gasteiger partial charge in [-0.1, -0.05) is 41.9 Å². The van der Waals surface area contributed by atoms with E-state index >= 15 is 0 Å². The van der Waals surface area contributed by atoms with Gasteiger partial charge in [-0.2, -0.15) is 0 Å². The number of hydrogen-bond acceptors (Lipinski definition) is 3. The van der Waals surface area contributed by atoms with Crippen LogP contribution in [0.5, 0.6) is 5.75 Å². The van der Waals surface area contributed by atoms with Crippen molar-refractivity contribution in [3.8, 4) is 17.3 Å². The van der Waals surface area contributed by atoms with Crippen molar-refractivity contribution >= 4 is 11.6 Å². The average Bonchev–Trinajstić information content (AvgIpc) is 2.96. The first-order chi connectivity index (χ1) is 11.2. The zero-order valence-electron chi connectivity index (χ0n) is 12.3. The Hall–Kier alpha value is -2.53. The fraction of sp³-hybridized carbons (Fsp3) is 0.176. The van der Waals surface area contributed by atoms with Crippen LogP contribution in [0.3, 0.4) is 0 Å². The molecule has 0 fully saturated rings. The van der Waals surface area contributed by atoms with E-state index in [4.69, 9.17) is 16.3 Å². The Kier molecular flexibility index (Phi) is 3.42. The first-order valence-electron chi connectivity index (χ1n) is 7.35. The van der Waals surface area contributed by atoms with E-state index in [-0.39, 0.29) is 5.43 Å². The highest BCUT2D eigenvalue weighted by molar-refractivity contribution is 6.29. The van der Waals surface area contributed by atoms with Crippen molar-refractivity contribution in [3.63, 3.8) is 0 Å². The van der Waals surface area contributed by atoms with E-state index in [2.05, 4.69) is 4.98 Å². The topological polar surface area (TPSA) is 49.1 Å². The monoisotopic (exact) mass is 327 g/mol. The fourth-order valence-electron chi connectivity index (χ4n) is 2.80. The van der Waals surface area contributed by atoms with E-state index in [1.165, 1.54) is 6.07 Å². The molecule has 0 N–H and O–H groups in total. The molecule has 4 rings (SSSR count). The number of benzene rings is 1. The highest BCUT2D eigenvalue weighted by atomic mass is 35.5. The van der Waals surface area contributed by atoms with Gasteiger partial charge in [-0.15, -0.1) is 0 Å². The molecule has 3 heterocycles. The number of rotatable bonds is 3. The normalized spacial score (nSPS) is 12.6. The van der Waals surface area contributed by atoms with Crippen LogP contribution < -0.4 is 10.2 Å². The van der Waals surface area contributed by atoms with Gasteiger partial charge in [0.15, 0.2) is 11.6 Å². The number of hydrogen-bond donors (Lipinski definition) is 0. The summed E-state index contributed by atoms with van der Waals surface area (Å²) < 4.78 is 9.74. The molecule has 0 unspecified atom stereocenters. The van der Waals surface area contributed by atoms with Crippen molar-refractivity contribution in [1.29, 1.82) is 0 Å². The number of aryl methyl sites for hydroxylation is 1. The van der Waals surface area contributed by atoms with Gasteiger partial charge in [0, 0.05) is 25.4 Å². The second-order valence-electron chi connectivity index (χ2n) is 5.38. The minimum Gasteiger partial charge on any atom is -0.483 e. The summed E-state index contributed by atoms with van der Waals surface area (Å²) in [6.45, 7) is 1.78. The maximum absolute atomic E-state index is 12.3. The van der Waals surface area contributed by atoms with E-state index in [1.54, 1.807) is 12.4 Å². The SMILES string of the molecule is O=c1ccn2c(c1OCc1ccccc1)-c1ncc(Cl)n1CC2. The summed E-state index contributed by atoms with van der Waals surface area (Å²) in [6, 6.07) is 11.3. The molecule has 3 aromatic rings. The molecule has 0 saturated carbocycles. The van der Waals surface area contributed by atoms with Gasteiger partial charge in [-0.25, -0.2) is 4.98 Å². The summed E-state index contributed by atoms with van der Waals surface area (Å²) in [5.41, 5.74) is 1.54. The van der Waals surface area contributed by atoms with E-state index in [0.29, 0.717) is 29.0 Å². The molecule has 0 saturated heterocycles. The zero-order chi connectivity index (χ0) is 15.8. The summed E-state index contributed by atoms with van der Waals surface area (Å²) in [6.07, 6.45) is 3.38. The van der Waals surface area contributed by atoms with Gasteiger partial charge in [-0.05, 0) is 5.56 Å². The number of aromatic nitrogens is 3. The van der Waals surface area contributed by atoms with Gasteiger partial charge in [0.2, 0.25) is 5.43 Å². The van der Waals surface area contributed by atoms with Gasteiger partial charge in [0.1, 0.15) is 17.5 Å². The second-order valence-corrected chi connectivity index (χ2v) is 5.77. The number of imidazole rings is 1. The van der Waals surface area contributed by atoms with E-state index < -0.39 is 0 Å². The van der Waals surface area contributed by atoms with Crippen LogP contribution in [-0.2, 0) is 19.7 Å². The van der Waals surface area contributed by atoms with Crippen molar-refractivity contribution in [3.05, 3.63) is 69.7 Å². The highest BCUT2D eigenvalue weighted by Gasteiger charge is 2.24. The van der Waals surface area contributed by atoms with Crippen LogP contribution in [0.1, 0.15) is 5.56 Å². The van der Waals surface area contributed by atoms with Gasteiger partial charge in [0.05, 0.1) is 6.20 Å². The highest BCUT2D eigenvalue weighted by Crippen LogP contribution is 2.32. The van der Waals surface area contributed by atoms with Crippen LogP contribution in [0.15, 0.2) is 53.6 Å². The summed E-state index contributed by atoms with van der Waals surface area (Å²) in [5.74, 6) is 0.988. The van der Waals surface area contributed by atoms with Gasteiger partial charge in [-0.3, -0.25) is 4.79 Å². The lowest BCUT2D eigenvalue weighted by atomic mass is 10.2. The Labute approximate surface area is 137 Å². The molecule has 1 aliphatic rings. The Morgan fingerprint density at radius 1 is 1.17 bits per heavy atom. The number of halogens is 1. The van der Waals surface area contributed by atoms with Gasteiger partial charge >= 0.3 is 0 Å². The summed E-state index contributed by atoms with van der Waals surface area (Å²) in [7, 11) is 0. The number of pyridine rings is 1. The first kappa shape index (κ1) is 14.1. The molecule has 5 nitrogen and oxygen atoms in total. The Morgan fingerprint density at radius 2 is 2.00 bits per heavy atom. The predicted octanol–water partition coefficient (Wildman–Crippen LogP) is 2.96. The Bertz CT molecular complexity index is 915. The molecule has 0 spiro atoms. The van der Waals surface area contributed by atoms with E-state index in [1.807, 2.05) is 39.5 Å². The standard InChI is InChI=1S/C17H14ClN3O2/c18-14-10-19-17-15-16(23-11-12-4-2-1-3-5-12)13(22)6-7-20(15)8-9-21(14)17/h1-7,10H,8-9,11H2. The molecular weight excluding hydrogens is 314 g/mol. The quantitative estimate of drug-likeness (QED) is 0.743. The lowest BCUT2D eigenvalue weighted by Crippen LogP contribution is -2.22. The minimum absolute atomic E-state index is 0.153. The summed E-state index contributed by atoms with van der Waals surface area (Å²) in [4.78, 5) is 16.7. The van der Waals surface area contributed by atoms with Crippen molar-refractivity contribution in [2.45, 2.75) is 19.7 Å². The third kappa shape index (κ3) is 2.43. The van der Waals surface area contributed by atoms with E-state index in [0.717, 1.165) is 18.7 Å². The maximum Gasteiger partial charge on any atom is 0.224 e. The molecule has 6 heteroatoms. The molecule has 1 aliphatic heterocycles. The lowest BCUT2D eigenvalue weighted by Gasteiger charge is -2.23. The van der Waals surface area contributed by atoms with Crippen LogP contribution in [0, 0.1) is 0 Å². The lowest BCUT2D eigenvalue weighted by molar-refractivity contribution is 0.300. The van der Waals surface area contributed by atoms with Crippen LogP contribution in [0.2, 0.25) is 5.15 Å². The summed E-state index contributed by atoms with van der Waals surface area (Å²) >= 11 is 6.16. The minimum atomic E-state index is -0.153. The number of nitrogens with zero attached hydrogens (tertiary/aromatic N) is 3. The maximum atomic E-state index is 12.3. The van der Waals surface area contributed by atoms with Crippen LogP contribution >= 0.6 is 11.6 Å². The molecule has 23 heavy (non-hydrogen) atoms. The first-order valence-corrected chi connectivity index (χ1v) is 7.73. The third-order valence-corrected chi connectivity index (χ3v) is 4.24. The van der Waals surface area contributed by atoms with Gasteiger partial charge in [0.25, 0.3) is 0 Å². The van der Waals surface area contributed by atoms with E-state index in [9.17, 15) is 4.79 Å². The molecule has 1 aromatic carbocycles. The molecule has 116 valence electrons. The van der Waals surface area contributed by atoms with Gasteiger partial charge < -0.3 is 13.9 Å². The number of fused-ring (bicyclic) bond motifs is 3. The van der Waals surface area contributed by atoms with Crippen molar-refractivity contribution in [2.24, 2.45) is 0 Å². The van der Waals surface area contributed by atoms with Crippen molar-refractivity contribution in [1.82, 2.24) is 14.1 Å². The van der Waals surface area contributed by atoms with Crippen LogP contribution in [0.4, 0.5) is 0 Å². The average molecular weight is 328 g/mol. The second kappa shape index (κ2) is 5.59. The molecule has 0 bridgehead atoms. The molecule has 0 amide bonds. The van der Waals surface area contributed by atoms with Crippen molar-refractivity contribution in [2.75, 3.05) is 0 Å². The smallest absolute Gasteiger partial charge is 0.224 e. The summed E-state index contributed by atoms with van der Waals surface area (Å²) in [5, 5.41) is 0.566. The zero-order valence-corrected chi connectivity index (χ0v) is 13.0. The number of ether oxygens (including phenoxy) is 1.